The molecule has 0 aliphatic heterocycles. The van der Waals surface area contributed by atoms with E-state index in [9.17, 15) is 10.1 Å². The molecule has 5 aliphatic carbocycles. The first-order chi connectivity index (χ1) is 12.4. The number of ketones is 1. The van der Waals surface area contributed by atoms with Gasteiger partial charge in [-0.2, -0.15) is 5.26 Å². The molecule has 0 aromatic heterocycles. The van der Waals surface area contributed by atoms with E-state index in [1.54, 1.807) is 0 Å². The van der Waals surface area contributed by atoms with Crippen molar-refractivity contribution in [3.8, 4) is 6.07 Å². The van der Waals surface area contributed by atoms with E-state index in [-0.39, 0.29) is 10.8 Å². The van der Waals surface area contributed by atoms with Crippen molar-refractivity contribution in [1.29, 1.82) is 5.26 Å². The Labute approximate surface area is 157 Å². The van der Waals surface area contributed by atoms with Gasteiger partial charge in [0, 0.05) is 6.42 Å². The molecule has 0 aromatic carbocycles. The summed E-state index contributed by atoms with van der Waals surface area (Å²) in [5, 5.41) is 10.0. The Morgan fingerprint density at radius 2 is 1.92 bits per heavy atom. The summed E-state index contributed by atoms with van der Waals surface area (Å²) in [7, 11) is 0. The van der Waals surface area contributed by atoms with Gasteiger partial charge in [-0.25, -0.2) is 0 Å². The van der Waals surface area contributed by atoms with Gasteiger partial charge in [0.25, 0.3) is 0 Å². The fraction of sp³-hybridized carbons (Fsp3) is 0.750. The summed E-state index contributed by atoms with van der Waals surface area (Å²) in [6.07, 6.45) is 11.2. The molecule has 0 unspecified atom stereocenters. The van der Waals surface area contributed by atoms with Crippen molar-refractivity contribution in [3.05, 3.63) is 23.8 Å². The Hall–Kier alpha value is -1.36. The van der Waals surface area contributed by atoms with Gasteiger partial charge in [-0.05, 0) is 98.9 Å². The van der Waals surface area contributed by atoms with Crippen molar-refractivity contribution in [2.45, 2.75) is 65.2 Å². The molecule has 2 nitrogen and oxygen atoms in total. The molecule has 4 saturated carbocycles. The third kappa shape index (κ3) is 2.01. The summed E-state index contributed by atoms with van der Waals surface area (Å²) in [6.45, 7) is 8.94. The highest BCUT2D eigenvalue weighted by Crippen LogP contribution is 2.71. The van der Waals surface area contributed by atoms with Gasteiger partial charge in [-0.15, -0.1) is 0 Å². The molecule has 0 bridgehead atoms. The molecule has 7 atom stereocenters. The highest BCUT2D eigenvalue weighted by Gasteiger charge is 2.65. The topological polar surface area (TPSA) is 40.9 Å². The normalized spacial score (nSPS) is 50.3. The van der Waals surface area contributed by atoms with Crippen LogP contribution in [0.15, 0.2) is 23.8 Å². The average Bonchev–Trinajstić information content (AvgIpc) is 3.44. The standard InChI is InChI=1S/C24H31NO/c1-14-10-21-22-19(8-9-23(21,2)24(14,3)13-25)18-7-6-17(26)11-16(18)12-20(22)15-4-5-15/h11,15,18-22H,1,4-10,12H2,2-3H3/t18-,19+,20-,21-,22-,23-,24-/m0/s1. The van der Waals surface area contributed by atoms with Crippen molar-refractivity contribution in [1.82, 2.24) is 0 Å². The van der Waals surface area contributed by atoms with Crippen LogP contribution in [0.4, 0.5) is 0 Å². The fourth-order valence-corrected chi connectivity index (χ4v) is 7.70. The number of hydrogen-bond donors (Lipinski definition) is 0. The van der Waals surface area contributed by atoms with E-state index in [0.29, 0.717) is 17.6 Å². The van der Waals surface area contributed by atoms with Crippen LogP contribution in [-0.4, -0.2) is 5.78 Å². The van der Waals surface area contributed by atoms with Crippen molar-refractivity contribution in [3.63, 3.8) is 0 Å². The number of carbonyl (C=O) groups is 1. The maximum atomic E-state index is 12.0. The van der Waals surface area contributed by atoms with Crippen molar-refractivity contribution in [2.75, 3.05) is 0 Å². The van der Waals surface area contributed by atoms with Crippen LogP contribution >= 0.6 is 0 Å². The second kappa shape index (κ2) is 5.34. The summed E-state index contributed by atoms with van der Waals surface area (Å²) in [5.41, 5.74) is 2.39. The van der Waals surface area contributed by atoms with E-state index in [4.69, 9.17) is 0 Å². The second-order valence-corrected chi connectivity index (χ2v) is 10.4. The molecule has 0 amide bonds. The zero-order valence-corrected chi connectivity index (χ0v) is 16.3. The van der Waals surface area contributed by atoms with E-state index in [1.165, 1.54) is 30.4 Å². The minimum Gasteiger partial charge on any atom is -0.295 e. The van der Waals surface area contributed by atoms with E-state index >= 15 is 0 Å². The smallest absolute Gasteiger partial charge is 0.155 e. The lowest BCUT2D eigenvalue weighted by atomic mass is 9.46. The van der Waals surface area contributed by atoms with E-state index < -0.39 is 0 Å². The van der Waals surface area contributed by atoms with Gasteiger partial charge >= 0.3 is 0 Å². The predicted octanol–water partition coefficient (Wildman–Crippen LogP) is 5.46. The van der Waals surface area contributed by atoms with Crippen LogP contribution in [0, 0.1) is 57.7 Å². The number of fused-ring (bicyclic) bond motifs is 5. The van der Waals surface area contributed by atoms with Gasteiger partial charge in [0.1, 0.15) is 0 Å². The number of allylic oxidation sites excluding steroid dienone is 2. The van der Waals surface area contributed by atoms with Crippen LogP contribution in [-0.2, 0) is 4.79 Å². The molecule has 26 heavy (non-hydrogen) atoms. The van der Waals surface area contributed by atoms with Crippen LogP contribution < -0.4 is 0 Å². The summed E-state index contributed by atoms with van der Waals surface area (Å²) < 4.78 is 0. The molecule has 138 valence electrons. The summed E-state index contributed by atoms with van der Waals surface area (Å²) >= 11 is 0. The Bertz CT molecular complexity index is 753. The minimum absolute atomic E-state index is 0.0822. The number of rotatable bonds is 1. The zero-order valence-electron chi connectivity index (χ0n) is 16.3. The van der Waals surface area contributed by atoms with Gasteiger partial charge in [-0.3, -0.25) is 4.79 Å². The Morgan fingerprint density at radius 1 is 1.15 bits per heavy atom. The molecular formula is C24H31NO. The lowest BCUT2D eigenvalue weighted by molar-refractivity contribution is -0.116. The molecule has 2 heteroatoms. The van der Waals surface area contributed by atoms with Crippen LogP contribution in [0.1, 0.15) is 65.2 Å². The Kier molecular flexibility index (Phi) is 3.45. The van der Waals surface area contributed by atoms with E-state index in [1.807, 2.05) is 6.08 Å². The number of hydrogen-bond acceptors (Lipinski definition) is 2. The molecular weight excluding hydrogens is 318 g/mol. The maximum absolute atomic E-state index is 12.0. The second-order valence-electron chi connectivity index (χ2n) is 10.4. The molecule has 0 spiro atoms. The maximum Gasteiger partial charge on any atom is 0.155 e. The van der Waals surface area contributed by atoms with Gasteiger partial charge in [0.15, 0.2) is 5.78 Å². The Morgan fingerprint density at radius 3 is 2.62 bits per heavy atom. The monoisotopic (exact) mass is 349 g/mol. The first-order valence-corrected chi connectivity index (χ1v) is 10.7. The average molecular weight is 350 g/mol. The molecule has 4 fully saturated rings. The molecule has 0 aromatic rings. The predicted molar refractivity (Wildman–Crippen MR) is 102 cm³/mol. The molecule has 5 aliphatic rings. The Balaban J connectivity index is 1.58. The van der Waals surface area contributed by atoms with E-state index in [2.05, 4.69) is 26.5 Å². The highest BCUT2D eigenvalue weighted by atomic mass is 16.1. The molecule has 0 radical (unpaired) electrons. The third-order valence-electron chi connectivity index (χ3n) is 9.55. The largest absolute Gasteiger partial charge is 0.295 e. The number of nitriles is 1. The fourth-order valence-electron chi connectivity index (χ4n) is 7.70. The molecule has 0 saturated heterocycles. The SMILES string of the molecule is C=C1C[C@H]2[C@H]3[C@H](CC[C@]2(C)[C@@]1(C)C#N)[C@H]1CCC(=O)C=C1C[C@H]3C1CC1. The third-order valence-corrected chi connectivity index (χ3v) is 9.55. The molecule has 5 rings (SSSR count). The summed E-state index contributed by atoms with van der Waals surface area (Å²) in [6, 6.07) is 2.69. The van der Waals surface area contributed by atoms with Crippen molar-refractivity contribution < 1.29 is 4.79 Å². The quantitative estimate of drug-likeness (QED) is 0.590. The van der Waals surface area contributed by atoms with Crippen LogP contribution in [0.5, 0.6) is 0 Å². The minimum atomic E-state index is -0.366. The van der Waals surface area contributed by atoms with Crippen LogP contribution in [0.2, 0.25) is 0 Å². The van der Waals surface area contributed by atoms with Crippen LogP contribution in [0.25, 0.3) is 0 Å². The van der Waals surface area contributed by atoms with Crippen molar-refractivity contribution in [2.24, 2.45) is 46.3 Å². The first kappa shape index (κ1) is 16.8. The molecule has 0 heterocycles. The van der Waals surface area contributed by atoms with Gasteiger partial charge < -0.3 is 0 Å². The zero-order chi connectivity index (χ0) is 18.3. The highest BCUT2D eigenvalue weighted by molar-refractivity contribution is 5.91. The van der Waals surface area contributed by atoms with Gasteiger partial charge in [-0.1, -0.05) is 24.6 Å². The van der Waals surface area contributed by atoms with Gasteiger partial charge in [0.2, 0.25) is 0 Å². The van der Waals surface area contributed by atoms with Crippen molar-refractivity contribution >= 4 is 5.78 Å². The summed E-state index contributed by atoms with van der Waals surface area (Å²) in [4.78, 5) is 12.0. The van der Waals surface area contributed by atoms with Gasteiger partial charge in [0.05, 0.1) is 11.5 Å². The summed E-state index contributed by atoms with van der Waals surface area (Å²) in [5.74, 6) is 4.70. The molecule has 0 N–H and O–H groups in total. The van der Waals surface area contributed by atoms with E-state index in [0.717, 1.165) is 55.8 Å². The lowest BCUT2D eigenvalue weighted by Gasteiger charge is -2.57. The number of nitrogens with zero attached hydrogens (tertiary/aromatic N) is 1. The lowest BCUT2D eigenvalue weighted by Crippen LogP contribution is -2.52. The van der Waals surface area contributed by atoms with Crippen LogP contribution in [0.3, 0.4) is 0 Å². The number of carbonyl (C=O) groups excluding carboxylic acids is 1. The first-order valence-electron chi connectivity index (χ1n) is 10.7.